The maximum absolute atomic E-state index is 11.6. The number of rotatable bonds is 5. The van der Waals surface area contributed by atoms with Crippen LogP contribution >= 0.6 is 0 Å². The molecule has 1 unspecified atom stereocenters. The summed E-state index contributed by atoms with van der Waals surface area (Å²) in [7, 11) is 3.67. The molecule has 4 nitrogen and oxygen atoms in total. The van der Waals surface area contributed by atoms with Gasteiger partial charge in [-0.1, -0.05) is 6.92 Å². The van der Waals surface area contributed by atoms with E-state index in [1.54, 1.807) is 4.90 Å². The molecule has 20 heavy (non-hydrogen) atoms. The van der Waals surface area contributed by atoms with E-state index in [-0.39, 0.29) is 11.6 Å². The predicted molar refractivity (Wildman–Crippen MR) is 82.9 cm³/mol. The molecule has 1 amide bonds. The van der Waals surface area contributed by atoms with Crippen LogP contribution < -0.4 is 0 Å². The molecule has 2 aliphatic heterocycles. The number of aliphatic imine (C=N–C) groups is 1. The minimum Gasteiger partial charge on any atom is -0.349 e. The van der Waals surface area contributed by atoms with Crippen molar-refractivity contribution in [1.29, 1.82) is 0 Å². The van der Waals surface area contributed by atoms with E-state index in [0.717, 1.165) is 25.9 Å². The van der Waals surface area contributed by atoms with Crippen LogP contribution in [0, 0.1) is 5.92 Å². The van der Waals surface area contributed by atoms with E-state index in [1.165, 1.54) is 12.8 Å². The molecule has 0 aromatic heterocycles. The largest absolute Gasteiger partial charge is 0.349 e. The van der Waals surface area contributed by atoms with Crippen LogP contribution in [0.5, 0.6) is 0 Å². The van der Waals surface area contributed by atoms with E-state index in [1.807, 2.05) is 20.3 Å². The molecule has 1 fully saturated rings. The van der Waals surface area contributed by atoms with Gasteiger partial charge in [-0.05, 0) is 43.8 Å². The van der Waals surface area contributed by atoms with Gasteiger partial charge in [0.1, 0.15) is 5.66 Å². The van der Waals surface area contributed by atoms with Gasteiger partial charge >= 0.3 is 0 Å². The van der Waals surface area contributed by atoms with Gasteiger partial charge in [-0.2, -0.15) is 0 Å². The van der Waals surface area contributed by atoms with Gasteiger partial charge in [-0.15, -0.1) is 0 Å². The van der Waals surface area contributed by atoms with Crippen molar-refractivity contribution in [2.75, 3.05) is 27.2 Å². The lowest BCUT2D eigenvalue weighted by Gasteiger charge is -2.41. The van der Waals surface area contributed by atoms with Crippen molar-refractivity contribution in [3.63, 3.8) is 0 Å². The minimum atomic E-state index is -0.0789. The maximum atomic E-state index is 11.6. The van der Waals surface area contributed by atoms with Crippen LogP contribution in [0.1, 0.15) is 39.0 Å². The Kier molecular flexibility index (Phi) is 4.97. The highest BCUT2D eigenvalue weighted by Crippen LogP contribution is 2.32. The molecule has 112 valence electrons. The molecular formula is C16H27N3O. The van der Waals surface area contributed by atoms with Crippen LogP contribution in [0.3, 0.4) is 0 Å². The van der Waals surface area contributed by atoms with E-state index in [0.29, 0.717) is 12.3 Å². The van der Waals surface area contributed by atoms with Crippen LogP contribution in [0.25, 0.3) is 0 Å². The number of piperidine rings is 1. The van der Waals surface area contributed by atoms with Crippen LogP contribution in [-0.2, 0) is 4.79 Å². The highest BCUT2D eigenvalue weighted by molar-refractivity contribution is 5.75. The van der Waals surface area contributed by atoms with E-state index in [9.17, 15) is 4.79 Å². The van der Waals surface area contributed by atoms with E-state index in [4.69, 9.17) is 0 Å². The molecule has 0 aromatic carbocycles. The summed E-state index contributed by atoms with van der Waals surface area (Å²) in [5.41, 5.74) is -0.0789. The molecular weight excluding hydrogens is 250 g/mol. The number of hydrogen-bond donors (Lipinski definition) is 0. The zero-order valence-electron chi connectivity index (χ0n) is 13.0. The standard InChI is InChI=1S/C16H27N3O/c1-4-16(10-5-11-17-16)19-12-8-14(9-13-19)6-7-15(20)18(2)3/h5,10-11,14H,4,6-9,12-13H2,1-3H3. The molecule has 1 saturated heterocycles. The zero-order chi connectivity index (χ0) is 14.6. The van der Waals surface area contributed by atoms with Crippen molar-refractivity contribution < 1.29 is 4.79 Å². The fourth-order valence-electron chi connectivity index (χ4n) is 3.19. The van der Waals surface area contributed by atoms with Crippen molar-refractivity contribution in [3.8, 4) is 0 Å². The highest BCUT2D eigenvalue weighted by atomic mass is 16.2. The number of allylic oxidation sites excluding steroid dienone is 1. The van der Waals surface area contributed by atoms with Crippen molar-refractivity contribution in [1.82, 2.24) is 9.80 Å². The van der Waals surface area contributed by atoms with Crippen molar-refractivity contribution in [3.05, 3.63) is 12.2 Å². The average Bonchev–Trinajstić information content (AvgIpc) is 2.95. The number of nitrogens with zero attached hydrogens (tertiary/aromatic N) is 3. The molecule has 2 aliphatic rings. The topological polar surface area (TPSA) is 35.9 Å². The summed E-state index contributed by atoms with van der Waals surface area (Å²) >= 11 is 0. The summed E-state index contributed by atoms with van der Waals surface area (Å²) in [6.07, 6.45) is 11.3. The van der Waals surface area contributed by atoms with Gasteiger partial charge < -0.3 is 4.90 Å². The van der Waals surface area contributed by atoms with Gasteiger partial charge in [-0.25, -0.2) is 0 Å². The van der Waals surface area contributed by atoms with Gasteiger partial charge in [0.05, 0.1) is 0 Å². The second-order valence-electron chi connectivity index (χ2n) is 6.13. The fraction of sp³-hybridized carbons (Fsp3) is 0.750. The minimum absolute atomic E-state index is 0.0789. The number of amides is 1. The quantitative estimate of drug-likeness (QED) is 0.773. The number of likely N-dealkylation sites (tertiary alicyclic amines) is 1. The molecule has 0 bridgehead atoms. The Morgan fingerprint density at radius 2 is 2.10 bits per heavy atom. The van der Waals surface area contributed by atoms with E-state index >= 15 is 0 Å². The first-order chi connectivity index (χ1) is 9.57. The van der Waals surface area contributed by atoms with Crippen molar-refractivity contribution >= 4 is 12.1 Å². The summed E-state index contributed by atoms with van der Waals surface area (Å²) in [6.45, 7) is 4.39. The monoisotopic (exact) mass is 277 g/mol. The number of carbonyl (C=O) groups is 1. The summed E-state index contributed by atoms with van der Waals surface area (Å²) in [4.78, 5) is 20.5. The Hall–Kier alpha value is -1.16. The molecule has 0 radical (unpaired) electrons. The molecule has 1 atom stereocenters. The molecule has 0 saturated carbocycles. The molecule has 0 aromatic rings. The van der Waals surface area contributed by atoms with Crippen molar-refractivity contribution in [2.45, 2.75) is 44.7 Å². The van der Waals surface area contributed by atoms with Gasteiger partial charge in [0.2, 0.25) is 5.91 Å². The molecule has 0 spiro atoms. The summed E-state index contributed by atoms with van der Waals surface area (Å²) in [5.74, 6) is 0.944. The van der Waals surface area contributed by atoms with Gasteiger partial charge in [0.15, 0.2) is 0 Å². The summed E-state index contributed by atoms with van der Waals surface area (Å²) in [6, 6.07) is 0. The third kappa shape index (κ3) is 3.29. The Bertz CT molecular complexity index is 381. The molecule has 2 rings (SSSR count). The second kappa shape index (κ2) is 6.53. The Morgan fingerprint density at radius 3 is 2.60 bits per heavy atom. The first-order valence-corrected chi connectivity index (χ1v) is 7.75. The average molecular weight is 277 g/mol. The third-order valence-corrected chi connectivity index (χ3v) is 4.70. The lowest BCUT2D eigenvalue weighted by molar-refractivity contribution is -0.129. The number of carbonyl (C=O) groups excluding carboxylic acids is 1. The smallest absolute Gasteiger partial charge is 0.222 e. The second-order valence-corrected chi connectivity index (χ2v) is 6.13. The lowest BCUT2D eigenvalue weighted by atomic mass is 9.90. The third-order valence-electron chi connectivity index (χ3n) is 4.70. The van der Waals surface area contributed by atoms with E-state index < -0.39 is 0 Å². The van der Waals surface area contributed by atoms with Crippen LogP contribution in [0.2, 0.25) is 0 Å². The first-order valence-electron chi connectivity index (χ1n) is 7.75. The van der Waals surface area contributed by atoms with Gasteiger partial charge in [0.25, 0.3) is 0 Å². The SMILES string of the molecule is CCC1(N2CCC(CCC(=O)N(C)C)CC2)C=CC=N1. The maximum Gasteiger partial charge on any atom is 0.222 e. The Morgan fingerprint density at radius 1 is 1.40 bits per heavy atom. The van der Waals surface area contributed by atoms with Gasteiger partial charge in [0, 0.05) is 39.8 Å². The van der Waals surface area contributed by atoms with Crippen molar-refractivity contribution in [2.24, 2.45) is 10.9 Å². The zero-order valence-corrected chi connectivity index (χ0v) is 13.0. The fourth-order valence-corrected chi connectivity index (χ4v) is 3.19. The number of hydrogen-bond acceptors (Lipinski definition) is 3. The first kappa shape index (κ1) is 15.2. The predicted octanol–water partition coefficient (Wildman–Crippen LogP) is 2.31. The van der Waals surface area contributed by atoms with Gasteiger partial charge in [-0.3, -0.25) is 14.7 Å². The Balaban J connectivity index is 1.79. The van der Waals surface area contributed by atoms with E-state index in [2.05, 4.69) is 29.0 Å². The van der Waals surface area contributed by atoms with Crippen LogP contribution in [-0.4, -0.2) is 54.8 Å². The van der Waals surface area contributed by atoms with Crippen LogP contribution in [0.15, 0.2) is 17.1 Å². The molecule has 2 heterocycles. The normalized spacial score (nSPS) is 27.1. The summed E-state index contributed by atoms with van der Waals surface area (Å²) < 4.78 is 0. The molecule has 0 N–H and O–H groups in total. The molecule has 0 aliphatic carbocycles. The Labute approximate surface area is 122 Å². The van der Waals surface area contributed by atoms with Crippen LogP contribution in [0.4, 0.5) is 0 Å². The summed E-state index contributed by atoms with van der Waals surface area (Å²) in [5, 5.41) is 0. The molecule has 4 heteroatoms. The highest BCUT2D eigenvalue weighted by Gasteiger charge is 2.35. The lowest BCUT2D eigenvalue weighted by Crippen LogP contribution is -2.48.